The van der Waals surface area contributed by atoms with E-state index in [4.69, 9.17) is 10.5 Å². The van der Waals surface area contributed by atoms with E-state index < -0.39 is 17.5 Å². The summed E-state index contributed by atoms with van der Waals surface area (Å²) < 4.78 is 9.51. The maximum atomic E-state index is 11.2. The Bertz CT molecular complexity index is 277. The van der Waals surface area contributed by atoms with E-state index in [9.17, 15) is 14.9 Å². The minimum absolute atomic E-state index is 0.155. The minimum atomic E-state index is -1.27. The van der Waals surface area contributed by atoms with Gasteiger partial charge in [-0.25, -0.2) is 4.79 Å². The van der Waals surface area contributed by atoms with Gasteiger partial charge in [0.1, 0.15) is 6.10 Å². The molecular weight excluding hydrogens is 232 g/mol. The molecule has 1 unspecified atom stereocenters. The molecule has 0 aromatic rings. The van der Waals surface area contributed by atoms with Crippen molar-refractivity contribution in [3.05, 3.63) is 10.1 Å². The zero-order chi connectivity index (χ0) is 12.8. The average molecular weight is 248 g/mol. The first-order chi connectivity index (χ1) is 7.97. The summed E-state index contributed by atoms with van der Waals surface area (Å²) in [5.41, 5.74) is 5.70. The zero-order valence-electron chi connectivity index (χ0n) is 9.53. The SMILES string of the molecule is CC(OC(=O)OC1CCC(N)CC1)O[N+](=O)[O-]. The molecule has 98 valence electrons. The van der Waals surface area contributed by atoms with Crippen molar-refractivity contribution in [3.63, 3.8) is 0 Å². The summed E-state index contributed by atoms with van der Waals surface area (Å²) in [4.78, 5) is 25.2. The lowest BCUT2D eigenvalue weighted by Crippen LogP contribution is -2.32. The second kappa shape index (κ2) is 6.24. The molecule has 0 bridgehead atoms. The number of hydrogen-bond donors (Lipinski definition) is 1. The number of hydrogen-bond acceptors (Lipinski definition) is 7. The molecule has 0 heterocycles. The summed E-state index contributed by atoms with van der Waals surface area (Å²) in [7, 11) is 0. The molecule has 1 atom stereocenters. The quantitative estimate of drug-likeness (QED) is 0.341. The fourth-order valence-corrected chi connectivity index (χ4v) is 1.65. The van der Waals surface area contributed by atoms with E-state index in [0.29, 0.717) is 12.8 Å². The van der Waals surface area contributed by atoms with Crippen LogP contribution < -0.4 is 5.73 Å². The molecule has 17 heavy (non-hydrogen) atoms. The topological polar surface area (TPSA) is 114 Å². The summed E-state index contributed by atoms with van der Waals surface area (Å²) in [6, 6.07) is 0.155. The van der Waals surface area contributed by atoms with Gasteiger partial charge < -0.3 is 15.2 Å². The van der Waals surface area contributed by atoms with Crippen LogP contribution in [0.25, 0.3) is 0 Å². The number of rotatable bonds is 4. The maximum absolute atomic E-state index is 11.2. The molecule has 0 aliphatic heterocycles. The molecule has 0 radical (unpaired) electrons. The monoisotopic (exact) mass is 248 g/mol. The summed E-state index contributed by atoms with van der Waals surface area (Å²) >= 11 is 0. The minimum Gasteiger partial charge on any atom is -0.431 e. The lowest BCUT2D eigenvalue weighted by atomic mass is 9.94. The zero-order valence-corrected chi connectivity index (χ0v) is 9.53. The number of carbonyl (C=O) groups is 1. The van der Waals surface area contributed by atoms with Gasteiger partial charge in [-0.1, -0.05) is 0 Å². The third kappa shape index (κ3) is 5.34. The number of nitrogens with zero attached hydrogens (tertiary/aromatic N) is 1. The van der Waals surface area contributed by atoms with Crippen LogP contribution in [-0.4, -0.2) is 29.7 Å². The normalized spacial score (nSPS) is 25.8. The van der Waals surface area contributed by atoms with Gasteiger partial charge in [-0.2, -0.15) is 0 Å². The average Bonchev–Trinajstić information content (AvgIpc) is 2.19. The third-order valence-corrected chi connectivity index (χ3v) is 2.48. The largest absolute Gasteiger partial charge is 0.510 e. The molecule has 2 N–H and O–H groups in total. The lowest BCUT2D eigenvalue weighted by Gasteiger charge is -2.25. The molecule has 0 spiro atoms. The van der Waals surface area contributed by atoms with E-state index in [1.165, 1.54) is 6.92 Å². The van der Waals surface area contributed by atoms with E-state index in [2.05, 4.69) is 9.57 Å². The molecule has 1 aliphatic carbocycles. The van der Waals surface area contributed by atoms with Crippen molar-refractivity contribution in [3.8, 4) is 0 Å². The van der Waals surface area contributed by atoms with Crippen molar-refractivity contribution in [2.24, 2.45) is 5.73 Å². The van der Waals surface area contributed by atoms with Crippen LogP contribution in [0.2, 0.25) is 0 Å². The molecule has 0 aromatic carbocycles. The van der Waals surface area contributed by atoms with Crippen molar-refractivity contribution >= 4 is 6.16 Å². The molecule has 1 aliphatic rings. The van der Waals surface area contributed by atoms with Gasteiger partial charge >= 0.3 is 6.16 Å². The fraction of sp³-hybridized carbons (Fsp3) is 0.889. The van der Waals surface area contributed by atoms with Gasteiger partial charge in [-0.3, -0.25) is 4.84 Å². The van der Waals surface area contributed by atoms with Crippen molar-refractivity contribution in [2.75, 3.05) is 0 Å². The molecule has 0 aromatic heterocycles. The molecule has 1 fully saturated rings. The second-order valence-corrected chi connectivity index (χ2v) is 3.92. The van der Waals surface area contributed by atoms with Crippen molar-refractivity contribution in [2.45, 2.75) is 51.0 Å². The van der Waals surface area contributed by atoms with Crippen molar-refractivity contribution in [1.82, 2.24) is 0 Å². The first kappa shape index (κ1) is 13.5. The van der Waals surface area contributed by atoms with Gasteiger partial charge in [0.25, 0.3) is 5.09 Å². The van der Waals surface area contributed by atoms with Crippen LogP contribution in [0.5, 0.6) is 0 Å². The maximum Gasteiger partial charge on any atom is 0.510 e. The molecule has 0 amide bonds. The Labute approximate surface area is 98.1 Å². The van der Waals surface area contributed by atoms with Gasteiger partial charge in [-0.05, 0) is 32.6 Å². The van der Waals surface area contributed by atoms with E-state index in [1.54, 1.807) is 0 Å². The van der Waals surface area contributed by atoms with Crippen LogP contribution in [-0.2, 0) is 14.3 Å². The number of carbonyl (C=O) groups excluding carboxylic acids is 1. The summed E-state index contributed by atoms with van der Waals surface area (Å²) in [5.74, 6) is 0. The second-order valence-electron chi connectivity index (χ2n) is 3.92. The van der Waals surface area contributed by atoms with Crippen molar-refractivity contribution < 1.29 is 24.2 Å². The van der Waals surface area contributed by atoms with Gasteiger partial charge in [0.15, 0.2) is 0 Å². The Balaban J connectivity index is 2.22. The van der Waals surface area contributed by atoms with Gasteiger partial charge in [0.2, 0.25) is 6.29 Å². The Morgan fingerprint density at radius 3 is 2.53 bits per heavy atom. The summed E-state index contributed by atoms with van der Waals surface area (Å²) in [6.45, 7) is 1.24. The van der Waals surface area contributed by atoms with E-state index >= 15 is 0 Å². The fourth-order valence-electron chi connectivity index (χ4n) is 1.65. The molecule has 8 heteroatoms. The molecule has 8 nitrogen and oxygen atoms in total. The number of ether oxygens (including phenoxy) is 2. The van der Waals surface area contributed by atoms with Crippen LogP contribution in [0.15, 0.2) is 0 Å². The highest BCUT2D eigenvalue weighted by Crippen LogP contribution is 2.20. The molecular formula is C9H16N2O6. The van der Waals surface area contributed by atoms with Gasteiger partial charge in [0, 0.05) is 6.04 Å². The first-order valence-electron chi connectivity index (χ1n) is 5.41. The van der Waals surface area contributed by atoms with Crippen LogP contribution >= 0.6 is 0 Å². The van der Waals surface area contributed by atoms with Crippen LogP contribution in [0.4, 0.5) is 4.79 Å². The Kier molecular flexibility index (Phi) is 4.95. The van der Waals surface area contributed by atoms with Gasteiger partial charge in [-0.15, -0.1) is 10.1 Å². The van der Waals surface area contributed by atoms with Crippen LogP contribution in [0.3, 0.4) is 0 Å². The van der Waals surface area contributed by atoms with Crippen LogP contribution in [0.1, 0.15) is 32.6 Å². The highest BCUT2D eigenvalue weighted by molar-refractivity contribution is 5.60. The summed E-state index contributed by atoms with van der Waals surface area (Å²) in [6.07, 6.45) is 0.479. The standard InChI is InChI=1S/C9H16N2O6/c1-6(17-11(13)14)15-9(12)16-8-4-2-7(10)3-5-8/h6-8H,2-5,10H2,1H3. The van der Waals surface area contributed by atoms with Crippen molar-refractivity contribution in [1.29, 1.82) is 0 Å². The Morgan fingerprint density at radius 2 is 2.00 bits per heavy atom. The molecule has 1 saturated carbocycles. The van der Waals surface area contributed by atoms with E-state index in [1.807, 2.05) is 0 Å². The highest BCUT2D eigenvalue weighted by atomic mass is 17.0. The molecule has 0 saturated heterocycles. The predicted octanol–water partition coefficient (Wildman–Crippen LogP) is 0.964. The van der Waals surface area contributed by atoms with E-state index in [0.717, 1.165) is 12.8 Å². The first-order valence-corrected chi connectivity index (χ1v) is 5.41. The van der Waals surface area contributed by atoms with Gasteiger partial charge in [0.05, 0.1) is 0 Å². The lowest BCUT2D eigenvalue weighted by molar-refractivity contribution is -0.777. The Morgan fingerprint density at radius 1 is 1.41 bits per heavy atom. The predicted molar refractivity (Wildman–Crippen MR) is 55.3 cm³/mol. The summed E-state index contributed by atoms with van der Waals surface area (Å²) in [5, 5.41) is 8.92. The Hall–Kier alpha value is -1.57. The number of nitrogens with two attached hydrogens (primary N) is 1. The highest BCUT2D eigenvalue weighted by Gasteiger charge is 2.23. The van der Waals surface area contributed by atoms with Crippen LogP contribution in [0, 0.1) is 10.1 Å². The molecule has 1 rings (SSSR count). The van der Waals surface area contributed by atoms with E-state index in [-0.39, 0.29) is 12.1 Å². The third-order valence-electron chi connectivity index (χ3n) is 2.48. The smallest absolute Gasteiger partial charge is 0.431 e.